The molecular weight excluding hydrogens is 615 g/mol. The summed E-state index contributed by atoms with van der Waals surface area (Å²) in [4.78, 5) is 2.48. The van der Waals surface area contributed by atoms with E-state index in [4.69, 9.17) is 0 Å². The summed E-state index contributed by atoms with van der Waals surface area (Å²) in [5.41, 5.74) is 17.3. The Hall–Kier alpha value is -6.18. The van der Waals surface area contributed by atoms with Gasteiger partial charge in [-0.15, -0.1) is 0 Å². The molecule has 1 nitrogen and oxygen atoms in total. The lowest BCUT2D eigenvalue weighted by atomic mass is 9.82. The molecule has 8 aromatic rings. The van der Waals surface area contributed by atoms with Crippen LogP contribution in [-0.2, 0) is 5.41 Å². The summed E-state index contributed by atoms with van der Waals surface area (Å²) in [6.45, 7) is 7.00. The first kappa shape index (κ1) is 30.8. The maximum atomic E-state index is 2.48. The average Bonchev–Trinajstić information content (AvgIpc) is 3.41. The maximum Gasteiger partial charge on any atom is 0.0569 e. The molecule has 0 unspecified atom stereocenters. The van der Waals surface area contributed by atoms with Crippen LogP contribution in [0.25, 0.3) is 55.3 Å². The molecule has 0 saturated carbocycles. The zero-order valence-electron chi connectivity index (χ0n) is 29.3. The van der Waals surface area contributed by atoms with E-state index in [9.17, 15) is 0 Å². The molecule has 1 heteroatoms. The third-order valence-corrected chi connectivity index (χ3v) is 10.8. The quantitative estimate of drug-likeness (QED) is 0.173. The molecule has 0 fully saturated rings. The van der Waals surface area contributed by atoms with Crippen LogP contribution in [0, 0.1) is 6.92 Å². The molecule has 0 bridgehead atoms. The Kier molecular flexibility index (Phi) is 7.44. The van der Waals surface area contributed by atoms with Crippen LogP contribution in [0.3, 0.4) is 0 Å². The Morgan fingerprint density at radius 3 is 1.76 bits per heavy atom. The van der Waals surface area contributed by atoms with Crippen molar-refractivity contribution in [2.75, 3.05) is 4.90 Å². The Balaban J connectivity index is 1.29. The Morgan fingerprint density at radius 1 is 0.392 bits per heavy atom. The van der Waals surface area contributed by atoms with Gasteiger partial charge in [0, 0.05) is 22.4 Å². The van der Waals surface area contributed by atoms with Gasteiger partial charge in [0.2, 0.25) is 0 Å². The number of nitrogens with zero attached hydrogens (tertiary/aromatic N) is 1. The third kappa shape index (κ3) is 5.25. The van der Waals surface area contributed by atoms with Crippen LogP contribution in [0.4, 0.5) is 17.1 Å². The summed E-state index contributed by atoms with van der Waals surface area (Å²) in [5, 5.41) is 2.51. The van der Waals surface area contributed by atoms with E-state index in [-0.39, 0.29) is 5.41 Å². The molecule has 244 valence electrons. The van der Waals surface area contributed by atoms with Gasteiger partial charge in [-0.25, -0.2) is 0 Å². The fraction of sp³-hybridized carbons (Fsp3) is 0.0800. The first-order valence-electron chi connectivity index (χ1n) is 17.9. The SMILES string of the molecule is Cc1cc(-c2cccc3ccccc23)cc(-c2ccccc2)c1N(c1ccc(-c2ccccc2)cc1)c1ccc2c(c1)C(C)(C)c1ccccc1-2. The fourth-order valence-corrected chi connectivity index (χ4v) is 8.22. The number of aryl methyl sites for hydroxylation is 1. The average molecular weight is 654 g/mol. The second kappa shape index (κ2) is 12.3. The number of fused-ring (bicyclic) bond motifs is 4. The van der Waals surface area contributed by atoms with Gasteiger partial charge in [0.25, 0.3) is 0 Å². The molecule has 0 aromatic heterocycles. The van der Waals surface area contributed by atoms with Gasteiger partial charge in [-0.3, -0.25) is 0 Å². The van der Waals surface area contributed by atoms with Crippen LogP contribution in [0.5, 0.6) is 0 Å². The highest BCUT2D eigenvalue weighted by molar-refractivity contribution is 6.00. The summed E-state index contributed by atoms with van der Waals surface area (Å²) in [7, 11) is 0. The molecule has 0 saturated heterocycles. The molecule has 0 spiro atoms. The van der Waals surface area contributed by atoms with Crippen molar-refractivity contribution < 1.29 is 0 Å². The molecule has 0 aliphatic heterocycles. The predicted octanol–water partition coefficient (Wildman–Crippen LogP) is 13.9. The van der Waals surface area contributed by atoms with E-state index in [1.807, 2.05) is 0 Å². The first-order chi connectivity index (χ1) is 25.0. The van der Waals surface area contributed by atoms with Gasteiger partial charge in [-0.2, -0.15) is 0 Å². The van der Waals surface area contributed by atoms with Crippen molar-refractivity contribution in [2.24, 2.45) is 0 Å². The largest absolute Gasteiger partial charge is 0.310 e. The van der Waals surface area contributed by atoms with Gasteiger partial charge in [0.1, 0.15) is 0 Å². The van der Waals surface area contributed by atoms with E-state index in [1.165, 1.54) is 77.7 Å². The molecule has 1 aliphatic carbocycles. The Bertz CT molecular complexity index is 2540. The topological polar surface area (TPSA) is 3.24 Å². The molecule has 9 rings (SSSR count). The van der Waals surface area contributed by atoms with Gasteiger partial charge in [-0.05, 0) is 110 Å². The van der Waals surface area contributed by atoms with Crippen LogP contribution in [0.2, 0.25) is 0 Å². The Morgan fingerprint density at radius 2 is 0.980 bits per heavy atom. The molecule has 0 radical (unpaired) electrons. The minimum Gasteiger partial charge on any atom is -0.310 e. The summed E-state index contributed by atoms with van der Waals surface area (Å²) >= 11 is 0. The molecular formula is C50H39N. The van der Waals surface area contributed by atoms with Gasteiger partial charge < -0.3 is 4.90 Å². The van der Waals surface area contributed by atoms with Crippen LogP contribution in [-0.4, -0.2) is 0 Å². The van der Waals surface area contributed by atoms with Crippen molar-refractivity contribution in [1.82, 2.24) is 0 Å². The van der Waals surface area contributed by atoms with Crippen molar-refractivity contribution in [3.8, 4) is 44.5 Å². The molecule has 8 aromatic carbocycles. The van der Waals surface area contributed by atoms with E-state index >= 15 is 0 Å². The number of hydrogen-bond donors (Lipinski definition) is 0. The lowest BCUT2D eigenvalue weighted by Gasteiger charge is -2.31. The number of benzene rings is 8. The molecule has 1 aliphatic rings. The van der Waals surface area contributed by atoms with Gasteiger partial charge >= 0.3 is 0 Å². The first-order valence-corrected chi connectivity index (χ1v) is 17.9. The van der Waals surface area contributed by atoms with Crippen LogP contribution < -0.4 is 4.90 Å². The summed E-state index contributed by atoms with van der Waals surface area (Å²) < 4.78 is 0. The van der Waals surface area contributed by atoms with E-state index in [1.54, 1.807) is 0 Å². The zero-order chi connectivity index (χ0) is 34.5. The number of rotatable bonds is 6. The normalized spacial score (nSPS) is 12.8. The molecule has 0 heterocycles. The lowest BCUT2D eigenvalue weighted by molar-refractivity contribution is 0.660. The van der Waals surface area contributed by atoms with Crippen molar-refractivity contribution in [3.05, 3.63) is 199 Å². The third-order valence-electron chi connectivity index (χ3n) is 10.8. The monoisotopic (exact) mass is 653 g/mol. The summed E-state index contributed by atoms with van der Waals surface area (Å²) in [6, 6.07) is 66.7. The smallest absolute Gasteiger partial charge is 0.0569 e. The van der Waals surface area contributed by atoms with E-state index in [0.717, 1.165) is 11.4 Å². The van der Waals surface area contributed by atoms with Gasteiger partial charge in [0.15, 0.2) is 0 Å². The van der Waals surface area contributed by atoms with Crippen molar-refractivity contribution in [1.29, 1.82) is 0 Å². The van der Waals surface area contributed by atoms with Crippen molar-refractivity contribution in [3.63, 3.8) is 0 Å². The zero-order valence-corrected chi connectivity index (χ0v) is 29.3. The highest BCUT2D eigenvalue weighted by atomic mass is 15.1. The summed E-state index contributed by atoms with van der Waals surface area (Å²) in [5.74, 6) is 0. The second-order valence-corrected chi connectivity index (χ2v) is 14.2. The predicted molar refractivity (Wildman–Crippen MR) is 217 cm³/mol. The van der Waals surface area contributed by atoms with Gasteiger partial charge in [-0.1, -0.05) is 159 Å². The Labute approximate surface area is 301 Å². The maximum absolute atomic E-state index is 2.48. The van der Waals surface area contributed by atoms with E-state index in [0.29, 0.717) is 0 Å². The minimum absolute atomic E-state index is 0.111. The lowest BCUT2D eigenvalue weighted by Crippen LogP contribution is -2.17. The van der Waals surface area contributed by atoms with Crippen molar-refractivity contribution >= 4 is 27.8 Å². The van der Waals surface area contributed by atoms with Crippen molar-refractivity contribution in [2.45, 2.75) is 26.2 Å². The molecule has 0 amide bonds. The second-order valence-electron chi connectivity index (χ2n) is 14.2. The standard InChI is InChI=1S/C50H39N/c1-34-31-39(43-23-14-20-37-19-10-11-21-42(37)43)32-46(38-17-8-5-9-18-38)49(34)51(40-27-25-36(26-28-40)35-15-6-4-7-16-35)41-29-30-45-44-22-12-13-24-47(44)50(2,3)48(45)33-41/h4-33H,1-3H3. The fourth-order valence-electron chi connectivity index (χ4n) is 8.22. The number of anilines is 3. The summed E-state index contributed by atoms with van der Waals surface area (Å²) in [6.07, 6.45) is 0. The molecule has 51 heavy (non-hydrogen) atoms. The minimum atomic E-state index is -0.111. The number of hydrogen-bond acceptors (Lipinski definition) is 1. The van der Waals surface area contributed by atoms with Crippen LogP contribution in [0.1, 0.15) is 30.5 Å². The van der Waals surface area contributed by atoms with Crippen LogP contribution >= 0.6 is 0 Å². The van der Waals surface area contributed by atoms with Crippen LogP contribution in [0.15, 0.2) is 182 Å². The molecule has 0 N–H and O–H groups in total. The van der Waals surface area contributed by atoms with E-state index in [2.05, 4.69) is 208 Å². The highest BCUT2D eigenvalue weighted by Crippen LogP contribution is 2.52. The van der Waals surface area contributed by atoms with E-state index < -0.39 is 0 Å². The highest BCUT2D eigenvalue weighted by Gasteiger charge is 2.36. The van der Waals surface area contributed by atoms with Gasteiger partial charge in [0.05, 0.1) is 5.69 Å². The molecule has 0 atom stereocenters.